The molecule has 6 nitrogen and oxygen atoms in total. The molecule has 0 radical (unpaired) electrons. The highest BCUT2D eigenvalue weighted by Gasteiger charge is 2.44. The molecule has 1 atom stereocenters. The van der Waals surface area contributed by atoms with E-state index >= 15 is 0 Å². The molecule has 2 fully saturated rings. The number of hydrogen-bond acceptors (Lipinski definition) is 3. The highest BCUT2D eigenvalue weighted by atomic mass is 16.2. The Kier molecular flexibility index (Phi) is 5.50. The molecule has 0 aromatic carbocycles. The highest BCUT2D eigenvalue weighted by molar-refractivity contribution is 6.03. The second-order valence-corrected chi connectivity index (χ2v) is 9.56. The van der Waals surface area contributed by atoms with Gasteiger partial charge in [-0.15, -0.1) is 0 Å². The van der Waals surface area contributed by atoms with Gasteiger partial charge in [0.2, 0.25) is 11.8 Å². The molecule has 0 bridgehead atoms. The number of hydrogen-bond donors (Lipinski definition) is 1. The quantitative estimate of drug-likeness (QED) is 0.625. The van der Waals surface area contributed by atoms with Crippen molar-refractivity contribution in [2.24, 2.45) is 22.7 Å². The van der Waals surface area contributed by atoms with Crippen molar-refractivity contribution in [1.82, 2.24) is 15.1 Å². The van der Waals surface area contributed by atoms with Gasteiger partial charge in [0.05, 0.1) is 5.92 Å². The lowest BCUT2D eigenvalue weighted by Gasteiger charge is -2.46. The van der Waals surface area contributed by atoms with Crippen LogP contribution in [0.5, 0.6) is 0 Å². The molecule has 0 aromatic heterocycles. The van der Waals surface area contributed by atoms with Crippen LogP contribution in [0.2, 0.25) is 0 Å². The Morgan fingerprint density at radius 1 is 1.08 bits per heavy atom. The van der Waals surface area contributed by atoms with E-state index in [4.69, 9.17) is 0 Å². The van der Waals surface area contributed by atoms with E-state index in [0.29, 0.717) is 31.8 Å². The van der Waals surface area contributed by atoms with E-state index < -0.39 is 0 Å². The maximum atomic E-state index is 12.4. The molecule has 0 aliphatic carbocycles. The monoisotopic (exact) mass is 351 g/mol. The van der Waals surface area contributed by atoms with Crippen LogP contribution in [0.3, 0.4) is 0 Å². The number of urea groups is 1. The van der Waals surface area contributed by atoms with Crippen molar-refractivity contribution in [2.45, 2.75) is 54.4 Å². The van der Waals surface area contributed by atoms with Crippen LogP contribution in [0.1, 0.15) is 54.4 Å². The van der Waals surface area contributed by atoms with Crippen LogP contribution in [0.25, 0.3) is 0 Å². The van der Waals surface area contributed by atoms with Gasteiger partial charge in [0.25, 0.3) is 0 Å². The van der Waals surface area contributed by atoms with Gasteiger partial charge < -0.3 is 10.2 Å². The van der Waals surface area contributed by atoms with Gasteiger partial charge >= 0.3 is 6.03 Å². The number of carbonyl (C=O) groups is 3. The molecular weight excluding hydrogens is 318 g/mol. The predicted molar refractivity (Wildman–Crippen MR) is 96.8 cm³/mol. The molecule has 2 rings (SSSR count). The molecule has 2 aliphatic heterocycles. The van der Waals surface area contributed by atoms with Gasteiger partial charge in [-0.05, 0) is 23.2 Å². The minimum Gasteiger partial charge on any atom is -0.338 e. The first kappa shape index (κ1) is 19.7. The zero-order valence-electron chi connectivity index (χ0n) is 16.5. The van der Waals surface area contributed by atoms with Crippen LogP contribution in [-0.2, 0) is 9.59 Å². The third-order valence-corrected chi connectivity index (χ3v) is 5.52. The van der Waals surface area contributed by atoms with Crippen LogP contribution in [0.15, 0.2) is 0 Å². The Morgan fingerprint density at radius 2 is 1.68 bits per heavy atom. The molecule has 0 saturated carbocycles. The topological polar surface area (TPSA) is 69.7 Å². The van der Waals surface area contributed by atoms with Gasteiger partial charge in [-0.1, -0.05) is 41.5 Å². The smallest absolute Gasteiger partial charge is 0.317 e. The average Bonchev–Trinajstić information content (AvgIpc) is 2.67. The SMILES string of the molecule is CC(C)(C)C1CN(C(=O)NCCCN2C(=O)CC(C(C)(C)C)C2=O)C1. The molecule has 142 valence electrons. The Labute approximate surface area is 151 Å². The van der Waals surface area contributed by atoms with Crippen molar-refractivity contribution in [1.29, 1.82) is 0 Å². The molecule has 0 aromatic rings. The molecule has 2 aliphatic rings. The largest absolute Gasteiger partial charge is 0.338 e. The summed E-state index contributed by atoms with van der Waals surface area (Å²) in [5.74, 6) is 0.157. The van der Waals surface area contributed by atoms with Crippen molar-refractivity contribution >= 4 is 17.8 Å². The number of rotatable bonds is 4. The van der Waals surface area contributed by atoms with Gasteiger partial charge in [-0.25, -0.2) is 4.79 Å². The van der Waals surface area contributed by atoms with Crippen LogP contribution in [0.4, 0.5) is 4.79 Å². The second kappa shape index (κ2) is 6.96. The second-order valence-electron chi connectivity index (χ2n) is 9.56. The lowest BCUT2D eigenvalue weighted by molar-refractivity contribution is -0.140. The maximum Gasteiger partial charge on any atom is 0.317 e. The molecule has 6 heteroatoms. The number of amides is 4. The Bertz CT molecular complexity index is 539. The maximum absolute atomic E-state index is 12.4. The molecule has 25 heavy (non-hydrogen) atoms. The first-order valence-electron chi connectivity index (χ1n) is 9.28. The molecule has 1 unspecified atom stereocenters. The first-order valence-corrected chi connectivity index (χ1v) is 9.28. The molecule has 0 spiro atoms. The molecule has 2 saturated heterocycles. The van der Waals surface area contributed by atoms with Crippen molar-refractivity contribution in [3.63, 3.8) is 0 Å². The van der Waals surface area contributed by atoms with Gasteiger partial charge in [0, 0.05) is 32.6 Å². The third kappa shape index (κ3) is 4.53. The Morgan fingerprint density at radius 3 is 2.16 bits per heavy atom. The van der Waals surface area contributed by atoms with Gasteiger partial charge in [-0.2, -0.15) is 0 Å². The zero-order chi connectivity index (χ0) is 19.0. The van der Waals surface area contributed by atoms with Crippen molar-refractivity contribution in [3.05, 3.63) is 0 Å². The van der Waals surface area contributed by atoms with E-state index in [0.717, 1.165) is 13.1 Å². The molecule has 4 amide bonds. The van der Waals surface area contributed by atoms with E-state index in [1.807, 2.05) is 25.7 Å². The number of imide groups is 1. The van der Waals surface area contributed by atoms with Gasteiger partial charge in [-0.3, -0.25) is 14.5 Å². The minimum atomic E-state index is -0.231. The van der Waals surface area contributed by atoms with Crippen LogP contribution < -0.4 is 5.32 Å². The summed E-state index contributed by atoms with van der Waals surface area (Å²) in [6.45, 7) is 15.0. The van der Waals surface area contributed by atoms with Crippen LogP contribution in [0, 0.1) is 22.7 Å². The Balaban J connectivity index is 1.69. The van der Waals surface area contributed by atoms with E-state index in [-0.39, 0.29) is 34.6 Å². The van der Waals surface area contributed by atoms with E-state index in [2.05, 4.69) is 26.1 Å². The lowest BCUT2D eigenvalue weighted by atomic mass is 9.76. The van der Waals surface area contributed by atoms with Crippen molar-refractivity contribution in [3.8, 4) is 0 Å². The summed E-state index contributed by atoms with van der Waals surface area (Å²) in [6, 6.07) is -0.0489. The van der Waals surface area contributed by atoms with Crippen LogP contribution >= 0.6 is 0 Å². The fourth-order valence-corrected chi connectivity index (χ4v) is 3.33. The van der Waals surface area contributed by atoms with Gasteiger partial charge in [0.1, 0.15) is 0 Å². The summed E-state index contributed by atoms with van der Waals surface area (Å²) in [5.41, 5.74) is 0.0354. The number of likely N-dealkylation sites (tertiary alicyclic amines) is 2. The fraction of sp³-hybridized carbons (Fsp3) is 0.842. The van der Waals surface area contributed by atoms with Crippen molar-refractivity contribution < 1.29 is 14.4 Å². The van der Waals surface area contributed by atoms with Crippen LogP contribution in [-0.4, -0.2) is 53.8 Å². The lowest BCUT2D eigenvalue weighted by Crippen LogP contribution is -2.57. The predicted octanol–water partition coefficient (Wildman–Crippen LogP) is 2.49. The normalized spacial score (nSPS) is 22.4. The van der Waals surface area contributed by atoms with Crippen molar-refractivity contribution in [2.75, 3.05) is 26.2 Å². The van der Waals surface area contributed by atoms with E-state index in [1.54, 1.807) is 0 Å². The van der Waals surface area contributed by atoms with E-state index in [9.17, 15) is 14.4 Å². The zero-order valence-corrected chi connectivity index (χ0v) is 16.5. The number of carbonyl (C=O) groups excluding carboxylic acids is 3. The summed E-state index contributed by atoms with van der Waals surface area (Å²) < 4.78 is 0. The minimum absolute atomic E-state index is 0.0489. The molecular formula is C19H33N3O3. The Hall–Kier alpha value is -1.59. The standard InChI is InChI=1S/C19H33N3O3/c1-18(2,3)13-11-21(12-13)17(25)20-8-7-9-22-15(23)10-14(16(22)24)19(4,5)6/h13-14H,7-12H2,1-6H3,(H,20,25). The summed E-state index contributed by atoms with van der Waals surface area (Å²) in [6.07, 6.45) is 0.896. The summed E-state index contributed by atoms with van der Waals surface area (Å²) in [7, 11) is 0. The summed E-state index contributed by atoms with van der Waals surface area (Å²) in [4.78, 5) is 39.7. The number of nitrogens with zero attached hydrogens (tertiary/aromatic N) is 2. The third-order valence-electron chi connectivity index (χ3n) is 5.52. The fourth-order valence-electron chi connectivity index (χ4n) is 3.33. The van der Waals surface area contributed by atoms with E-state index in [1.165, 1.54) is 4.90 Å². The van der Waals surface area contributed by atoms with Gasteiger partial charge in [0.15, 0.2) is 0 Å². The summed E-state index contributed by atoms with van der Waals surface area (Å²) in [5, 5.41) is 2.89. The highest BCUT2D eigenvalue weighted by Crippen LogP contribution is 2.35. The first-order chi connectivity index (χ1) is 11.4. The number of nitrogens with one attached hydrogen (secondary N) is 1. The average molecular weight is 351 g/mol. The molecule has 2 heterocycles. The summed E-state index contributed by atoms with van der Waals surface area (Å²) >= 11 is 0. The molecule has 1 N–H and O–H groups in total.